The predicted molar refractivity (Wildman–Crippen MR) is 98.4 cm³/mol. The molecule has 9 heteroatoms. The number of rotatable bonds is 7. The van der Waals surface area contributed by atoms with Crippen LogP contribution in [0.1, 0.15) is 6.92 Å². The lowest BCUT2D eigenvalue weighted by Crippen LogP contribution is -2.03. The van der Waals surface area contributed by atoms with Crippen LogP contribution in [0.5, 0.6) is 5.75 Å². The van der Waals surface area contributed by atoms with Crippen molar-refractivity contribution >= 4 is 29.3 Å². The molecule has 136 valence electrons. The van der Waals surface area contributed by atoms with Crippen molar-refractivity contribution in [3.8, 4) is 28.7 Å². The molecule has 7 nitrogen and oxygen atoms in total. The number of furan rings is 1. The zero-order valence-electron chi connectivity index (χ0n) is 14.1. The Morgan fingerprint density at radius 3 is 2.85 bits per heavy atom. The summed E-state index contributed by atoms with van der Waals surface area (Å²) in [6.45, 7) is 2.45. The summed E-state index contributed by atoms with van der Waals surface area (Å²) in [5.74, 6) is 2.08. The summed E-state index contributed by atoms with van der Waals surface area (Å²) < 4.78 is 15.9. The number of carbonyl (C=O) groups excluding carboxylic acids is 1. The quantitative estimate of drug-likeness (QED) is 0.478. The minimum Gasteiger partial charge on any atom is -0.492 e. The van der Waals surface area contributed by atoms with Gasteiger partial charge in [-0.25, -0.2) is 0 Å². The van der Waals surface area contributed by atoms with Crippen molar-refractivity contribution in [2.75, 3.05) is 19.5 Å². The van der Waals surface area contributed by atoms with Crippen molar-refractivity contribution in [1.29, 1.82) is 0 Å². The van der Waals surface area contributed by atoms with Gasteiger partial charge in [0.05, 0.1) is 24.5 Å². The van der Waals surface area contributed by atoms with E-state index in [-0.39, 0.29) is 11.7 Å². The molecule has 1 N–H and O–H groups in total. The van der Waals surface area contributed by atoms with Crippen LogP contribution < -0.4 is 4.74 Å². The van der Waals surface area contributed by atoms with Gasteiger partial charge in [-0.2, -0.15) is 4.98 Å². The zero-order valence-corrected chi connectivity index (χ0v) is 15.7. The van der Waals surface area contributed by atoms with Crippen molar-refractivity contribution in [2.45, 2.75) is 12.1 Å². The monoisotopic (exact) mass is 393 g/mol. The largest absolute Gasteiger partial charge is 0.492 e. The van der Waals surface area contributed by atoms with Gasteiger partial charge >= 0.3 is 5.97 Å². The summed E-state index contributed by atoms with van der Waals surface area (Å²) in [5.41, 5.74) is 0.824. The molecule has 0 radical (unpaired) electrons. The van der Waals surface area contributed by atoms with Gasteiger partial charge in [0.2, 0.25) is 5.16 Å². The third-order valence-electron chi connectivity index (χ3n) is 3.37. The summed E-state index contributed by atoms with van der Waals surface area (Å²) in [4.78, 5) is 15.5. The van der Waals surface area contributed by atoms with Gasteiger partial charge < -0.3 is 13.9 Å². The number of benzene rings is 1. The molecule has 0 saturated heterocycles. The molecule has 0 aliphatic rings. The van der Waals surface area contributed by atoms with E-state index in [4.69, 9.17) is 20.8 Å². The highest BCUT2D eigenvalue weighted by Crippen LogP contribution is 2.33. The highest BCUT2D eigenvalue weighted by Gasteiger charge is 2.14. The van der Waals surface area contributed by atoms with Gasteiger partial charge in [-0.1, -0.05) is 23.4 Å². The maximum absolute atomic E-state index is 11.2. The van der Waals surface area contributed by atoms with Crippen LogP contribution in [0.2, 0.25) is 5.02 Å². The molecule has 0 aliphatic carbocycles. The van der Waals surface area contributed by atoms with Crippen LogP contribution in [0.25, 0.3) is 22.9 Å². The lowest BCUT2D eigenvalue weighted by molar-refractivity contribution is -0.137. The first-order chi connectivity index (χ1) is 12.6. The maximum Gasteiger partial charge on any atom is 0.316 e. The van der Waals surface area contributed by atoms with E-state index < -0.39 is 0 Å². The highest BCUT2D eigenvalue weighted by atomic mass is 35.5. The fourth-order valence-corrected chi connectivity index (χ4v) is 3.02. The molecule has 0 unspecified atom stereocenters. The van der Waals surface area contributed by atoms with E-state index in [1.54, 1.807) is 18.2 Å². The number of carbonyl (C=O) groups is 1. The van der Waals surface area contributed by atoms with Crippen molar-refractivity contribution in [1.82, 2.24) is 15.2 Å². The van der Waals surface area contributed by atoms with Gasteiger partial charge in [0.15, 0.2) is 11.6 Å². The van der Waals surface area contributed by atoms with Crippen molar-refractivity contribution < 1.29 is 18.7 Å². The minimum atomic E-state index is -0.339. The molecule has 0 fully saturated rings. The second-order valence-electron chi connectivity index (χ2n) is 5.07. The first kappa shape index (κ1) is 18.3. The number of hydrogen-bond acceptors (Lipinski definition) is 7. The number of hydrogen-bond donors (Lipinski definition) is 1. The molecule has 0 spiro atoms. The van der Waals surface area contributed by atoms with E-state index in [9.17, 15) is 4.79 Å². The van der Waals surface area contributed by atoms with Crippen LogP contribution in [0.4, 0.5) is 0 Å². The van der Waals surface area contributed by atoms with Gasteiger partial charge in [-0.15, -0.1) is 5.10 Å². The van der Waals surface area contributed by atoms with E-state index in [1.807, 2.05) is 19.1 Å². The number of esters is 1. The highest BCUT2D eigenvalue weighted by molar-refractivity contribution is 7.99. The molecular formula is C17H16ClN3O4S. The summed E-state index contributed by atoms with van der Waals surface area (Å²) in [6, 6.07) is 9.07. The average molecular weight is 394 g/mol. The van der Waals surface area contributed by atoms with E-state index in [0.717, 1.165) is 5.56 Å². The minimum absolute atomic E-state index is 0.141. The Hall–Kier alpha value is -2.45. The number of aromatic nitrogens is 3. The number of H-pyrrole nitrogens is 1. The lowest BCUT2D eigenvalue weighted by atomic mass is 10.1. The molecule has 0 atom stereocenters. The molecule has 1 aromatic carbocycles. The van der Waals surface area contributed by atoms with Crippen LogP contribution in [-0.4, -0.2) is 40.6 Å². The van der Waals surface area contributed by atoms with Crippen LogP contribution in [0.3, 0.4) is 0 Å². The van der Waals surface area contributed by atoms with Crippen molar-refractivity contribution in [2.24, 2.45) is 0 Å². The second-order valence-corrected chi connectivity index (χ2v) is 6.42. The molecule has 0 aliphatic heterocycles. The molecule has 3 rings (SSSR count). The fourth-order valence-electron chi connectivity index (χ4n) is 2.15. The van der Waals surface area contributed by atoms with Gasteiger partial charge in [-0.3, -0.25) is 9.89 Å². The Morgan fingerprint density at radius 1 is 1.31 bits per heavy atom. The lowest BCUT2D eigenvalue weighted by Gasteiger charge is -2.06. The molecule has 26 heavy (non-hydrogen) atoms. The van der Waals surface area contributed by atoms with E-state index in [2.05, 4.69) is 19.9 Å². The van der Waals surface area contributed by atoms with Crippen LogP contribution in [-0.2, 0) is 9.53 Å². The Balaban J connectivity index is 1.75. The van der Waals surface area contributed by atoms with Gasteiger partial charge in [0.25, 0.3) is 0 Å². The Morgan fingerprint density at radius 2 is 2.12 bits per heavy atom. The molecule has 2 aromatic heterocycles. The van der Waals surface area contributed by atoms with E-state index in [0.29, 0.717) is 39.9 Å². The molecule has 0 saturated carbocycles. The van der Waals surface area contributed by atoms with Gasteiger partial charge in [0.1, 0.15) is 11.5 Å². The Bertz CT molecular complexity index is 909. The van der Waals surface area contributed by atoms with Crippen LogP contribution in [0, 0.1) is 0 Å². The Kier molecular flexibility index (Phi) is 5.85. The smallest absolute Gasteiger partial charge is 0.316 e. The molecular weight excluding hydrogens is 378 g/mol. The van der Waals surface area contributed by atoms with Crippen LogP contribution >= 0.6 is 23.4 Å². The standard InChI is InChI=1S/C17H16ClN3O4S/c1-3-24-13-5-4-10(8-11(13)18)12-6-7-14(25-12)16-19-17(21-20-16)26-9-15(22)23-2/h4-8H,3,9H2,1-2H3,(H,19,20,21). The SMILES string of the molecule is CCOc1ccc(-c2ccc(-c3nc(SCC(=O)OC)n[nH]3)o2)cc1Cl. The molecule has 0 bridgehead atoms. The summed E-state index contributed by atoms with van der Waals surface area (Å²) >= 11 is 7.40. The van der Waals surface area contributed by atoms with E-state index >= 15 is 0 Å². The number of halogens is 1. The third-order valence-corrected chi connectivity index (χ3v) is 4.48. The van der Waals surface area contributed by atoms with E-state index in [1.165, 1.54) is 18.9 Å². The molecule has 2 heterocycles. The molecule has 3 aromatic rings. The van der Waals surface area contributed by atoms with Crippen molar-refractivity contribution in [3.05, 3.63) is 35.4 Å². The topological polar surface area (TPSA) is 90.2 Å². The second kappa shape index (κ2) is 8.29. The van der Waals surface area contributed by atoms with Gasteiger partial charge in [0, 0.05) is 5.56 Å². The summed E-state index contributed by atoms with van der Waals surface area (Å²) in [6.07, 6.45) is 0. The average Bonchev–Trinajstić information content (AvgIpc) is 3.30. The predicted octanol–water partition coefficient (Wildman–Crippen LogP) is 4.05. The first-order valence-electron chi connectivity index (χ1n) is 7.75. The van der Waals surface area contributed by atoms with Gasteiger partial charge in [-0.05, 0) is 37.3 Å². The molecule has 0 amide bonds. The fraction of sp³-hybridized carbons (Fsp3) is 0.235. The first-order valence-corrected chi connectivity index (χ1v) is 9.12. The number of ether oxygens (including phenoxy) is 2. The van der Waals surface area contributed by atoms with Crippen molar-refractivity contribution in [3.63, 3.8) is 0 Å². The number of thioether (sulfide) groups is 1. The van der Waals surface area contributed by atoms with Crippen LogP contribution in [0.15, 0.2) is 39.9 Å². The number of nitrogens with zero attached hydrogens (tertiary/aromatic N) is 2. The summed E-state index contributed by atoms with van der Waals surface area (Å²) in [7, 11) is 1.34. The third kappa shape index (κ3) is 4.20. The zero-order chi connectivity index (χ0) is 18.5. The number of aromatic amines is 1. The summed E-state index contributed by atoms with van der Waals surface area (Å²) in [5, 5.41) is 7.79. The maximum atomic E-state index is 11.2. The number of nitrogens with one attached hydrogen (secondary N) is 1. The number of methoxy groups -OCH3 is 1. The normalized spacial score (nSPS) is 10.7. The Labute approximate surface area is 159 Å².